The summed E-state index contributed by atoms with van der Waals surface area (Å²) in [6.07, 6.45) is 7.61. The van der Waals surface area contributed by atoms with Crippen LogP contribution in [0.4, 0.5) is 0 Å². The third-order valence-corrected chi connectivity index (χ3v) is 2.07. The van der Waals surface area contributed by atoms with Crippen LogP contribution in [0, 0.1) is 0 Å². The van der Waals surface area contributed by atoms with E-state index >= 15 is 0 Å². The Balaban J connectivity index is 3.15. The van der Waals surface area contributed by atoms with E-state index in [4.69, 9.17) is 9.47 Å². The third-order valence-electron chi connectivity index (χ3n) is 2.07. The molecule has 0 radical (unpaired) electrons. The lowest BCUT2D eigenvalue weighted by Gasteiger charge is -2.04. The number of unbranched alkanes of at least 4 members (excludes halogenated alkanes) is 4. The van der Waals surface area contributed by atoms with Gasteiger partial charge in [0.1, 0.15) is 13.2 Å². The second-order valence-electron chi connectivity index (χ2n) is 3.42. The Morgan fingerprint density at radius 2 is 1.93 bits per heavy atom. The van der Waals surface area contributed by atoms with Gasteiger partial charge >= 0.3 is 5.97 Å². The summed E-state index contributed by atoms with van der Waals surface area (Å²) >= 11 is 0. The number of carbonyl (C=O) groups excluding carboxylic acids is 1. The fraction of sp³-hybridized carbons (Fsp3) is 0.750. The zero-order valence-corrected chi connectivity index (χ0v) is 9.67. The first-order chi connectivity index (χ1) is 7.31. The fourth-order valence-electron chi connectivity index (χ4n) is 1.23. The van der Waals surface area contributed by atoms with Crippen LogP contribution in [-0.4, -0.2) is 19.2 Å². The molecule has 0 fully saturated rings. The van der Waals surface area contributed by atoms with Crippen LogP contribution >= 0.6 is 0 Å². The van der Waals surface area contributed by atoms with Gasteiger partial charge in [-0.25, -0.2) is 0 Å². The highest BCUT2D eigenvalue weighted by atomic mass is 16.6. The summed E-state index contributed by atoms with van der Waals surface area (Å²) in [5, 5.41) is 0. The van der Waals surface area contributed by atoms with Crippen molar-refractivity contribution in [3.05, 3.63) is 12.8 Å². The smallest absolute Gasteiger partial charge is 0.305 e. The number of rotatable bonds is 10. The molecule has 88 valence electrons. The van der Waals surface area contributed by atoms with E-state index in [-0.39, 0.29) is 5.97 Å². The predicted octanol–water partition coefficient (Wildman–Crippen LogP) is 3.05. The largest absolute Gasteiger partial charge is 0.498 e. The molecular weight excluding hydrogens is 192 g/mol. The maximum absolute atomic E-state index is 11.1. The minimum atomic E-state index is -0.126. The molecule has 0 aromatic rings. The van der Waals surface area contributed by atoms with E-state index in [2.05, 4.69) is 13.5 Å². The predicted molar refractivity (Wildman–Crippen MR) is 60.5 cm³/mol. The van der Waals surface area contributed by atoms with Gasteiger partial charge in [-0.05, 0) is 6.42 Å². The molecule has 0 aliphatic rings. The summed E-state index contributed by atoms with van der Waals surface area (Å²) in [6.45, 7) is 6.28. The van der Waals surface area contributed by atoms with Gasteiger partial charge in [-0.2, -0.15) is 0 Å². The van der Waals surface area contributed by atoms with Gasteiger partial charge in [0.05, 0.1) is 6.26 Å². The summed E-state index contributed by atoms with van der Waals surface area (Å²) in [5.41, 5.74) is 0. The molecule has 0 spiro atoms. The monoisotopic (exact) mass is 214 g/mol. The van der Waals surface area contributed by atoms with Crippen LogP contribution < -0.4 is 0 Å². The van der Waals surface area contributed by atoms with Gasteiger partial charge in [0.2, 0.25) is 0 Å². The van der Waals surface area contributed by atoms with Gasteiger partial charge in [-0.1, -0.05) is 39.2 Å². The maximum Gasteiger partial charge on any atom is 0.305 e. The highest BCUT2D eigenvalue weighted by molar-refractivity contribution is 5.69. The molecule has 0 bridgehead atoms. The minimum Gasteiger partial charge on any atom is -0.498 e. The number of hydrogen-bond donors (Lipinski definition) is 0. The molecule has 0 saturated heterocycles. The SMILES string of the molecule is C=COCCOC(=O)CCCCCCC. The highest BCUT2D eigenvalue weighted by Gasteiger charge is 2.01. The van der Waals surface area contributed by atoms with Gasteiger partial charge in [0.15, 0.2) is 0 Å². The van der Waals surface area contributed by atoms with E-state index in [0.717, 1.165) is 12.8 Å². The Hall–Kier alpha value is -0.990. The van der Waals surface area contributed by atoms with E-state index in [9.17, 15) is 4.79 Å². The lowest BCUT2D eigenvalue weighted by Crippen LogP contribution is -2.08. The molecule has 0 heterocycles. The maximum atomic E-state index is 11.1. The van der Waals surface area contributed by atoms with E-state index < -0.39 is 0 Å². The molecular formula is C12H22O3. The summed E-state index contributed by atoms with van der Waals surface area (Å²) in [4.78, 5) is 11.1. The first-order valence-corrected chi connectivity index (χ1v) is 5.69. The summed E-state index contributed by atoms with van der Waals surface area (Å²) in [5.74, 6) is -0.126. The number of esters is 1. The van der Waals surface area contributed by atoms with Crippen LogP contribution in [0.25, 0.3) is 0 Å². The average Bonchev–Trinajstić information content (AvgIpc) is 2.24. The van der Waals surface area contributed by atoms with Gasteiger partial charge in [0.25, 0.3) is 0 Å². The van der Waals surface area contributed by atoms with Crippen molar-refractivity contribution in [3.63, 3.8) is 0 Å². The van der Waals surface area contributed by atoms with Crippen molar-refractivity contribution in [2.75, 3.05) is 13.2 Å². The molecule has 15 heavy (non-hydrogen) atoms. The number of ether oxygens (including phenoxy) is 2. The summed E-state index contributed by atoms with van der Waals surface area (Å²) < 4.78 is 9.77. The molecule has 0 aliphatic carbocycles. The van der Waals surface area contributed by atoms with Crippen LogP contribution in [0.1, 0.15) is 45.4 Å². The Morgan fingerprint density at radius 3 is 2.60 bits per heavy atom. The standard InChI is InChI=1S/C12H22O3/c1-3-5-6-7-8-9-12(13)15-11-10-14-4-2/h4H,2-3,5-11H2,1H3. The van der Waals surface area contributed by atoms with Crippen LogP contribution in [0.2, 0.25) is 0 Å². The van der Waals surface area contributed by atoms with Crippen molar-refractivity contribution in [3.8, 4) is 0 Å². The third kappa shape index (κ3) is 10.9. The van der Waals surface area contributed by atoms with Crippen molar-refractivity contribution in [2.24, 2.45) is 0 Å². The zero-order valence-electron chi connectivity index (χ0n) is 9.67. The molecule has 0 rings (SSSR count). The Labute approximate surface area is 92.5 Å². The summed E-state index contributed by atoms with van der Waals surface area (Å²) in [7, 11) is 0. The minimum absolute atomic E-state index is 0.126. The van der Waals surface area contributed by atoms with Gasteiger partial charge in [0, 0.05) is 6.42 Å². The molecule has 0 saturated carbocycles. The molecule has 0 amide bonds. The number of carbonyl (C=O) groups is 1. The Bertz CT molecular complexity index is 166. The van der Waals surface area contributed by atoms with Gasteiger partial charge < -0.3 is 9.47 Å². The molecule has 3 heteroatoms. The van der Waals surface area contributed by atoms with Crippen LogP contribution in [0.5, 0.6) is 0 Å². The average molecular weight is 214 g/mol. The quantitative estimate of drug-likeness (QED) is 0.318. The first-order valence-electron chi connectivity index (χ1n) is 5.69. The normalized spacial score (nSPS) is 9.67. The van der Waals surface area contributed by atoms with E-state index in [1.165, 1.54) is 25.5 Å². The topological polar surface area (TPSA) is 35.5 Å². The first kappa shape index (κ1) is 14.0. The van der Waals surface area contributed by atoms with Crippen LogP contribution in [0.15, 0.2) is 12.8 Å². The molecule has 0 N–H and O–H groups in total. The van der Waals surface area contributed by atoms with Crippen molar-refractivity contribution in [1.29, 1.82) is 0 Å². The van der Waals surface area contributed by atoms with Crippen molar-refractivity contribution >= 4 is 5.97 Å². The highest BCUT2D eigenvalue weighted by Crippen LogP contribution is 2.05. The Morgan fingerprint density at radius 1 is 1.20 bits per heavy atom. The van der Waals surface area contributed by atoms with Crippen molar-refractivity contribution in [2.45, 2.75) is 45.4 Å². The number of hydrogen-bond acceptors (Lipinski definition) is 3. The molecule has 3 nitrogen and oxygen atoms in total. The van der Waals surface area contributed by atoms with E-state index in [0.29, 0.717) is 19.6 Å². The molecule has 0 unspecified atom stereocenters. The van der Waals surface area contributed by atoms with Crippen molar-refractivity contribution < 1.29 is 14.3 Å². The van der Waals surface area contributed by atoms with Crippen LogP contribution in [0.3, 0.4) is 0 Å². The summed E-state index contributed by atoms with van der Waals surface area (Å²) in [6, 6.07) is 0. The molecule has 0 aromatic carbocycles. The van der Waals surface area contributed by atoms with Crippen LogP contribution in [-0.2, 0) is 14.3 Å². The lowest BCUT2D eigenvalue weighted by molar-refractivity contribution is -0.144. The Kier molecular flexibility index (Phi) is 10.4. The molecule has 0 atom stereocenters. The molecule has 0 aliphatic heterocycles. The second-order valence-corrected chi connectivity index (χ2v) is 3.42. The van der Waals surface area contributed by atoms with E-state index in [1.807, 2.05) is 0 Å². The zero-order chi connectivity index (χ0) is 11.4. The van der Waals surface area contributed by atoms with Gasteiger partial charge in [-0.3, -0.25) is 4.79 Å². The van der Waals surface area contributed by atoms with E-state index in [1.54, 1.807) is 0 Å². The second kappa shape index (κ2) is 11.1. The van der Waals surface area contributed by atoms with Gasteiger partial charge in [-0.15, -0.1) is 0 Å². The fourth-order valence-corrected chi connectivity index (χ4v) is 1.23. The molecule has 0 aromatic heterocycles. The lowest BCUT2D eigenvalue weighted by atomic mass is 10.1. The van der Waals surface area contributed by atoms with Crippen molar-refractivity contribution in [1.82, 2.24) is 0 Å².